The number of hydrogen-bond donors (Lipinski definition) is 0. The quantitative estimate of drug-likeness (QED) is 0.172. The molecule has 2 aliphatic rings. The van der Waals surface area contributed by atoms with Crippen LogP contribution in [0.2, 0.25) is 10.0 Å². The fourth-order valence-electron chi connectivity index (χ4n) is 6.00. The molecule has 4 rings (SSSR count). The number of anilines is 2. The number of amides is 2. The van der Waals surface area contributed by atoms with Crippen LogP contribution < -0.4 is 9.80 Å². The molecule has 0 radical (unpaired) electrons. The lowest BCUT2D eigenvalue weighted by Crippen LogP contribution is -2.54. The van der Waals surface area contributed by atoms with Crippen molar-refractivity contribution < 1.29 is 47.7 Å². The zero-order chi connectivity index (χ0) is 40.7. The molecular formula is C38H50Cl2N4O10. The van der Waals surface area contributed by atoms with Gasteiger partial charge in [-0.25, -0.2) is 19.2 Å². The van der Waals surface area contributed by atoms with Gasteiger partial charge in [0.15, 0.2) is 12.6 Å². The summed E-state index contributed by atoms with van der Waals surface area (Å²) in [6, 6.07) is 6.16. The van der Waals surface area contributed by atoms with E-state index in [2.05, 4.69) is 0 Å². The van der Waals surface area contributed by atoms with Gasteiger partial charge in [-0.1, -0.05) is 23.2 Å². The van der Waals surface area contributed by atoms with E-state index < -0.39 is 23.1 Å². The van der Waals surface area contributed by atoms with Crippen LogP contribution in [0.3, 0.4) is 0 Å². The lowest BCUT2D eigenvalue weighted by Gasteiger charge is -2.41. The molecule has 2 atom stereocenters. The molecule has 0 unspecified atom stereocenters. The first-order valence-corrected chi connectivity index (χ1v) is 18.1. The number of rotatable bonds is 6. The monoisotopic (exact) mass is 792 g/mol. The second-order valence-electron chi connectivity index (χ2n) is 14.9. The number of aldehydes is 2. The zero-order valence-electron chi connectivity index (χ0n) is 32.5. The highest BCUT2D eigenvalue weighted by molar-refractivity contribution is 6.36. The molecule has 0 spiro atoms. The summed E-state index contributed by atoms with van der Waals surface area (Å²) in [6.07, 6.45) is 0.456. The molecule has 0 saturated carbocycles. The van der Waals surface area contributed by atoms with E-state index in [1.54, 1.807) is 21.9 Å². The average molecular weight is 794 g/mol. The minimum absolute atomic E-state index is 0.0488. The second-order valence-corrected chi connectivity index (χ2v) is 15.7. The van der Waals surface area contributed by atoms with Crippen molar-refractivity contribution in [3.8, 4) is 0 Å². The first kappa shape index (κ1) is 43.8. The molecule has 2 saturated heterocycles. The van der Waals surface area contributed by atoms with Gasteiger partial charge >= 0.3 is 24.1 Å². The van der Waals surface area contributed by atoms with Crippen LogP contribution in [0.1, 0.15) is 96.8 Å². The highest BCUT2D eigenvalue weighted by Crippen LogP contribution is 2.34. The lowest BCUT2D eigenvalue weighted by atomic mass is 10.0. The molecule has 0 aromatic heterocycles. The molecule has 16 heteroatoms. The van der Waals surface area contributed by atoms with Crippen LogP contribution in [0, 0.1) is 0 Å². The van der Waals surface area contributed by atoms with Crippen molar-refractivity contribution in [2.75, 3.05) is 63.3 Å². The third-order valence-corrected chi connectivity index (χ3v) is 9.21. The Morgan fingerprint density at radius 2 is 1.15 bits per heavy atom. The zero-order valence-corrected chi connectivity index (χ0v) is 34.0. The number of ether oxygens (including phenoxy) is 4. The predicted molar refractivity (Wildman–Crippen MR) is 206 cm³/mol. The molecule has 0 aliphatic carbocycles. The van der Waals surface area contributed by atoms with Gasteiger partial charge in [0.2, 0.25) is 0 Å². The smallest absolute Gasteiger partial charge is 0.410 e. The highest BCUT2D eigenvalue weighted by Gasteiger charge is 2.33. The van der Waals surface area contributed by atoms with Crippen LogP contribution in [0.4, 0.5) is 21.0 Å². The van der Waals surface area contributed by atoms with Gasteiger partial charge in [0.25, 0.3) is 0 Å². The first-order valence-electron chi connectivity index (χ1n) is 17.4. The van der Waals surface area contributed by atoms with Gasteiger partial charge in [-0.2, -0.15) is 0 Å². The van der Waals surface area contributed by atoms with E-state index in [1.165, 1.54) is 26.4 Å². The van der Waals surface area contributed by atoms with Gasteiger partial charge in [0.1, 0.15) is 11.2 Å². The highest BCUT2D eigenvalue weighted by atomic mass is 35.5. The molecule has 0 N–H and O–H groups in total. The van der Waals surface area contributed by atoms with Crippen LogP contribution >= 0.6 is 23.2 Å². The molecule has 2 aromatic rings. The van der Waals surface area contributed by atoms with E-state index in [-0.39, 0.29) is 51.5 Å². The number of halogens is 2. The summed E-state index contributed by atoms with van der Waals surface area (Å²) in [6.45, 7) is 17.8. The van der Waals surface area contributed by atoms with E-state index in [1.807, 2.05) is 65.2 Å². The number of methoxy groups -OCH3 is 2. The van der Waals surface area contributed by atoms with Gasteiger partial charge in [0.05, 0.1) is 46.8 Å². The van der Waals surface area contributed by atoms with Crippen LogP contribution in [0.15, 0.2) is 24.3 Å². The van der Waals surface area contributed by atoms with E-state index >= 15 is 0 Å². The van der Waals surface area contributed by atoms with Crippen LogP contribution in [-0.4, -0.2) is 123 Å². The summed E-state index contributed by atoms with van der Waals surface area (Å²) < 4.78 is 20.2. The van der Waals surface area contributed by atoms with Crippen molar-refractivity contribution >= 4 is 71.3 Å². The van der Waals surface area contributed by atoms with E-state index in [9.17, 15) is 28.8 Å². The summed E-state index contributed by atoms with van der Waals surface area (Å²) in [7, 11) is 2.49. The second kappa shape index (κ2) is 18.2. The molecule has 2 heterocycles. The summed E-state index contributed by atoms with van der Waals surface area (Å²) >= 11 is 12.8. The Morgan fingerprint density at radius 3 is 1.56 bits per heavy atom. The molecule has 2 amide bonds. The number of carbonyl (C=O) groups excluding carboxylic acids is 6. The summed E-state index contributed by atoms with van der Waals surface area (Å²) in [5.74, 6) is -1.23. The normalized spacial score (nSPS) is 17.5. The molecular weight excluding hydrogens is 743 g/mol. The number of hydrogen-bond acceptors (Lipinski definition) is 12. The van der Waals surface area contributed by atoms with Gasteiger partial charge in [-0.3, -0.25) is 9.59 Å². The maximum Gasteiger partial charge on any atom is 0.410 e. The van der Waals surface area contributed by atoms with Crippen molar-refractivity contribution in [3.05, 3.63) is 56.6 Å². The number of piperazine rings is 2. The van der Waals surface area contributed by atoms with E-state index in [0.717, 1.165) is 0 Å². The van der Waals surface area contributed by atoms with Crippen molar-refractivity contribution in [2.45, 2.75) is 78.7 Å². The van der Waals surface area contributed by atoms with E-state index in [4.69, 9.17) is 42.1 Å². The maximum absolute atomic E-state index is 12.3. The molecule has 2 aliphatic heterocycles. The van der Waals surface area contributed by atoms with Gasteiger partial charge in [-0.15, -0.1) is 0 Å². The van der Waals surface area contributed by atoms with Crippen molar-refractivity contribution in [2.24, 2.45) is 0 Å². The van der Waals surface area contributed by atoms with Crippen molar-refractivity contribution in [1.29, 1.82) is 0 Å². The summed E-state index contributed by atoms with van der Waals surface area (Å²) in [5, 5.41) is 0.545. The fraction of sp³-hybridized carbons (Fsp3) is 0.526. The molecule has 54 heavy (non-hydrogen) atoms. The topological polar surface area (TPSA) is 152 Å². The van der Waals surface area contributed by atoms with Gasteiger partial charge in [-0.05, 0) is 79.7 Å². The molecule has 2 fully saturated rings. The molecule has 296 valence electrons. The Labute approximate surface area is 326 Å². The lowest BCUT2D eigenvalue weighted by molar-refractivity contribution is 0.0209. The maximum atomic E-state index is 12.3. The Balaban J connectivity index is 0.000000290. The largest absolute Gasteiger partial charge is 0.465 e. The van der Waals surface area contributed by atoms with Gasteiger partial charge in [0, 0.05) is 62.5 Å². The van der Waals surface area contributed by atoms with Crippen LogP contribution in [0.5, 0.6) is 0 Å². The van der Waals surface area contributed by atoms with Crippen LogP contribution in [0.25, 0.3) is 0 Å². The van der Waals surface area contributed by atoms with E-state index in [0.29, 0.717) is 68.2 Å². The number of nitrogens with zero attached hydrogens (tertiary/aromatic N) is 4. The average Bonchev–Trinajstić information content (AvgIpc) is 3.09. The summed E-state index contributed by atoms with van der Waals surface area (Å²) in [4.78, 5) is 78.4. The predicted octanol–water partition coefficient (Wildman–Crippen LogP) is 6.77. The minimum atomic E-state index is -0.617. The Bertz CT molecular complexity index is 1680. The first-order chi connectivity index (χ1) is 25.2. The number of esters is 2. The number of benzene rings is 2. The van der Waals surface area contributed by atoms with Crippen LogP contribution in [-0.2, 0) is 18.9 Å². The Morgan fingerprint density at radius 1 is 0.685 bits per heavy atom. The molecule has 2 aromatic carbocycles. The Kier molecular flexibility index (Phi) is 14.8. The Hall–Kier alpha value is -4.56. The third-order valence-electron chi connectivity index (χ3n) is 8.51. The molecule has 0 bridgehead atoms. The minimum Gasteiger partial charge on any atom is -0.465 e. The third kappa shape index (κ3) is 11.0. The van der Waals surface area contributed by atoms with Gasteiger partial charge < -0.3 is 38.5 Å². The van der Waals surface area contributed by atoms with Crippen molar-refractivity contribution in [3.63, 3.8) is 0 Å². The van der Waals surface area contributed by atoms with Crippen molar-refractivity contribution in [1.82, 2.24) is 9.80 Å². The molecule has 14 nitrogen and oxygen atoms in total. The summed E-state index contributed by atoms with van der Waals surface area (Å²) in [5.41, 5.74) is 0.742. The fourth-order valence-corrected chi connectivity index (χ4v) is 6.59. The SMILES string of the molecule is COC(=O)c1cc(Cl)c(N2CCN(C(=O)OC(C)(C)C)C[C@H]2C)cc1C=O.COC(=O)c1ccc(N2CCN(C(=O)OC(C)(C)C)C[C@H]2C)c(Cl)c1C=O. The number of carbonyl (C=O) groups is 6. The standard InChI is InChI=1S/2C19H25ClN2O5/c1-12-10-21(18(25)27-19(2,3)4)6-7-22(12)16-8-13(11-23)14(9-15(16)20)17(24)26-5;1-12-10-21(18(25)27-19(2,3)4)8-9-22(12)15-7-6-13(17(24)26-5)14(11-23)16(15)20/h8-9,11-12H,6-7,10H2,1-5H3;6-7,11-12H,8-10H2,1-5H3/t2*12-/m11/s1.